The van der Waals surface area contributed by atoms with Gasteiger partial charge in [-0.25, -0.2) is 0 Å². The number of nitrogens with zero attached hydrogens (tertiary/aromatic N) is 4. The van der Waals surface area contributed by atoms with Crippen LogP contribution in [-0.4, -0.2) is 67.4 Å². The fourth-order valence-corrected chi connectivity index (χ4v) is 4.09. The highest BCUT2D eigenvalue weighted by molar-refractivity contribution is 5.99. The number of carbonyl (C=O) groups is 2. The zero-order chi connectivity index (χ0) is 20.1. The van der Waals surface area contributed by atoms with E-state index in [2.05, 4.69) is 22.2 Å². The van der Waals surface area contributed by atoms with Gasteiger partial charge in [-0.3, -0.25) is 14.5 Å². The predicted molar refractivity (Wildman–Crippen MR) is 108 cm³/mol. The number of hydrogen-bond donors (Lipinski definition) is 1. The Hall–Kier alpha value is -2.59. The van der Waals surface area contributed by atoms with Crippen molar-refractivity contribution < 1.29 is 9.59 Å². The highest BCUT2D eigenvalue weighted by atomic mass is 16.2. The van der Waals surface area contributed by atoms with Crippen LogP contribution in [0.2, 0.25) is 0 Å². The molecule has 1 aliphatic carbocycles. The summed E-state index contributed by atoms with van der Waals surface area (Å²) in [6, 6.07) is 7.57. The Bertz CT molecular complexity index is 741. The van der Waals surface area contributed by atoms with Gasteiger partial charge in [-0.05, 0) is 44.2 Å². The molecule has 2 fully saturated rings. The lowest BCUT2D eigenvalue weighted by molar-refractivity contribution is -0.135. The Labute approximate surface area is 166 Å². The summed E-state index contributed by atoms with van der Waals surface area (Å²) in [6.07, 6.45) is 5.79. The van der Waals surface area contributed by atoms with Crippen LogP contribution in [0.5, 0.6) is 0 Å². The second-order valence-electron chi connectivity index (χ2n) is 7.90. The Kier molecular flexibility index (Phi) is 6.20. The molecular weight excluding hydrogens is 354 g/mol. The zero-order valence-electron chi connectivity index (χ0n) is 16.8. The van der Waals surface area contributed by atoms with Crippen LogP contribution < -0.4 is 10.2 Å². The number of benzene rings is 1. The molecule has 1 N–H and O–H groups in total. The molecular formula is C21H29N5O2. The molecule has 0 bridgehead atoms. The summed E-state index contributed by atoms with van der Waals surface area (Å²) in [7, 11) is 3.58. The van der Waals surface area contributed by atoms with Crippen molar-refractivity contribution >= 4 is 17.5 Å². The molecule has 7 heteroatoms. The van der Waals surface area contributed by atoms with Crippen LogP contribution >= 0.6 is 0 Å². The molecule has 2 aliphatic rings. The van der Waals surface area contributed by atoms with Crippen LogP contribution in [0.3, 0.4) is 0 Å². The molecule has 0 atom stereocenters. The minimum absolute atomic E-state index is 0.258. The molecule has 150 valence electrons. The maximum Gasteiger partial charge on any atom is 0.261 e. The van der Waals surface area contributed by atoms with Gasteiger partial charge in [-0.15, -0.1) is 0 Å². The normalized spacial score (nSPS) is 19.5. The van der Waals surface area contributed by atoms with Crippen molar-refractivity contribution in [3.8, 4) is 6.19 Å². The maximum absolute atomic E-state index is 12.9. The highest BCUT2D eigenvalue weighted by Crippen LogP contribution is 2.30. The SMILES string of the molecule is CN1CCN(c2ccc(C(=O)NC3(C(=O)N(C)C#N)CCCCC3)cc2)CC1. The fraction of sp³-hybridized carbons (Fsp3) is 0.571. The van der Waals surface area contributed by atoms with Gasteiger partial charge in [0.15, 0.2) is 6.19 Å². The lowest BCUT2D eigenvalue weighted by atomic mass is 9.80. The first-order valence-electron chi connectivity index (χ1n) is 9.99. The molecule has 7 nitrogen and oxygen atoms in total. The number of nitriles is 1. The quantitative estimate of drug-likeness (QED) is 0.634. The summed E-state index contributed by atoms with van der Waals surface area (Å²) in [5.74, 6) is -0.580. The van der Waals surface area contributed by atoms with Crippen LogP contribution in [0.15, 0.2) is 24.3 Å². The van der Waals surface area contributed by atoms with Crippen molar-refractivity contribution in [2.75, 3.05) is 45.2 Å². The van der Waals surface area contributed by atoms with Crippen molar-refractivity contribution in [1.82, 2.24) is 15.1 Å². The number of nitrogens with one attached hydrogen (secondary N) is 1. The van der Waals surface area contributed by atoms with Gasteiger partial charge < -0.3 is 15.1 Å². The van der Waals surface area contributed by atoms with Gasteiger partial charge in [0.05, 0.1) is 0 Å². The molecule has 2 amide bonds. The van der Waals surface area contributed by atoms with Crippen molar-refractivity contribution in [3.63, 3.8) is 0 Å². The third kappa shape index (κ3) is 4.28. The van der Waals surface area contributed by atoms with Crippen molar-refractivity contribution in [2.45, 2.75) is 37.6 Å². The molecule has 1 saturated carbocycles. The standard InChI is InChI=1S/C21H29N5O2/c1-24-12-14-26(15-13-24)18-8-6-17(7-9-18)19(27)23-21(10-4-3-5-11-21)20(28)25(2)16-22/h6-9H,3-5,10-15H2,1-2H3,(H,23,27). The van der Waals surface area contributed by atoms with Gasteiger partial charge >= 0.3 is 0 Å². The molecule has 0 spiro atoms. The summed E-state index contributed by atoms with van der Waals surface area (Å²) in [4.78, 5) is 31.3. The van der Waals surface area contributed by atoms with E-state index in [0.29, 0.717) is 18.4 Å². The number of carbonyl (C=O) groups excluding carboxylic acids is 2. The van der Waals surface area contributed by atoms with E-state index in [9.17, 15) is 9.59 Å². The van der Waals surface area contributed by atoms with Crippen LogP contribution in [0.1, 0.15) is 42.5 Å². The first-order chi connectivity index (χ1) is 13.4. The first-order valence-corrected chi connectivity index (χ1v) is 9.99. The monoisotopic (exact) mass is 383 g/mol. The number of anilines is 1. The lowest BCUT2D eigenvalue weighted by Crippen LogP contribution is -2.59. The van der Waals surface area contributed by atoms with Crippen molar-refractivity contribution in [1.29, 1.82) is 5.26 Å². The van der Waals surface area contributed by atoms with E-state index in [0.717, 1.165) is 56.0 Å². The van der Waals surface area contributed by atoms with E-state index in [1.165, 1.54) is 7.05 Å². The number of likely N-dealkylation sites (N-methyl/N-ethyl adjacent to an activating group) is 2. The molecule has 1 saturated heterocycles. The van der Waals surface area contributed by atoms with Gasteiger partial charge in [-0.1, -0.05) is 19.3 Å². The number of piperazine rings is 1. The first kappa shape index (κ1) is 20.2. The second kappa shape index (κ2) is 8.61. The predicted octanol–water partition coefficient (Wildman–Crippen LogP) is 1.81. The lowest BCUT2D eigenvalue weighted by Gasteiger charge is -2.37. The summed E-state index contributed by atoms with van der Waals surface area (Å²) in [5, 5.41) is 12.1. The Morgan fingerprint density at radius 2 is 1.68 bits per heavy atom. The summed E-state index contributed by atoms with van der Waals surface area (Å²) >= 11 is 0. The molecule has 1 heterocycles. The minimum Gasteiger partial charge on any atom is -0.369 e. The van der Waals surface area contributed by atoms with E-state index < -0.39 is 5.54 Å². The van der Waals surface area contributed by atoms with E-state index in [-0.39, 0.29) is 11.8 Å². The number of amides is 2. The van der Waals surface area contributed by atoms with E-state index >= 15 is 0 Å². The average molecular weight is 383 g/mol. The van der Waals surface area contributed by atoms with Crippen LogP contribution in [0.4, 0.5) is 5.69 Å². The average Bonchev–Trinajstić information content (AvgIpc) is 2.74. The van der Waals surface area contributed by atoms with Crippen LogP contribution in [0.25, 0.3) is 0 Å². The largest absolute Gasteiger partial charge is 0.369 e. The van der Waals surface area contributed by atoms with Gasteiger partial charge in [0.1, 0.15) is 5.54 Å². The summed E-state index contributed by atoms with van der Waals surface area (Å²) in [6.45, 7) is 4.00. The molecule has 28 heavy (non-hydrogen) atoms. The minimum atomic E-state index is -0.976. The van der Waals surface area contributed by atoms with E-state index in [4.69, 9.17) is 5.26 Å². The van der Waals surface area contributed by atoms with Gasteiger partial charge in [-0.2, -0.15) is 5.26 Å². The van der Waals surface area contributed by atoms with Gasteiger partial charge in [0.25, 0.3) is 11.8 Å². The second-order valence-corrected chi connectivity index (χ2v) is 7.90. The fourth-order valence-electron chi connectivity index (χ4n) is 4.09. The molecule has 0 unspecified atom stereocenters. The molecule has 1 aromatic carbocycles. The van der Waals surface area contributed by atoms with Gasteiger partial charge in [0.2, 0.25) is 0 Å². The van der Waals surface area contributed by atoms with Crippen molar-refractivity contribution in [3.05, 3.63) is 29.8 Å². The van der Waals surface area contributed by atoms with Crippen molar-refractivity contribution in [2.24, 2.45) is 0 Å². The third-order valence-electron chi connectivity index (χ3n) is 5.92. The van der Waals surface area contributed by atoms with Crippen LogP contribution in [0, 0.1) is 11.5 Å². The number of hydrogen-bond acceptors (Lipinski definition) is 5. The molecule has 1 aliphatic heterocycles. The highest BCUT2D eigenvalue weighted by Gasteiger charge is 2.42. The smallest absolute Gasteiger partial charge is 0.261 e. The molecule has 0 aromatic heterocycles. The summed E-state index contributed by atoms with van der Waals surface area (Å²) < 4.78 is 0. The molecule has 1 aromatic rings. The van der Waals surface area contributed by atoms with E-state index in [1.807, 2.05) is 30.5 Å². The molecule has 3 rings (SSSR count). The Balaban J connectivity index is 1.71. The molecule has 0 radical (unpaired) electrons. The zero-order valence-corrected chi connectivity index (χ0v) is 16.8. The Morgan fingerprint density at radius 3 is 2.25 bits per heavy atom. The topological polar surface area (TPSA) is 79.7 Å². The van der Waals surface area contributed by atoms with Gasteiger partial charge in [0, 0.05) is 44.5 Å². The maximum atomic E-state index is 12.9. The summed E-state index contributed by atoms with van der Waals surface area (Å²) in [5.41, 5.74) is 0.670. The van der Waals surface area contributed by atoms with E-state index in [1.54, 1.807) is 0 Å². The Morgan fingerprint density at radius 1 is 1.07 bits per heavy atom. The number of rotatable bonds is 4. The van der Waals surface area contributed by atoms with Crippen LogP contribution in [-0.2, 0) is 4.79 Å². The third-order valence-corrected chi connectivity index (χ3v) is 5.92.